The topological polar surface area (TPSA) is 49.3 Å². The molecule has 106 valence electrons. The summed E-state index contributed by atoms with van der Waals surface area (Å²) >= 11 is 1.86. The third-order valence-corrected chi connectivity index (χ3v) is 4.61. The SMILES string of the molecule is CCC(CCCSCc1ccccc1)(NC)C(=O)O. The van der Waals surface area contributed by atoms with Gasteiger partial charge in [0, 0.05) is 5.75 Å². The maximum absolute atomic E-state index is 11.3. The average Bonchev–Trinajstić information content (AvgIpc) is 2.44. The Morgan fingerprint density at radius 1 is 1.37 bits per heavy atom. The number of nitrogens with one attached hydrogen (secondary N) is 1. The van der Waals surface area contributed by atoms with Gasteiger partial charge in [-0.05, 0) is 37.6 Å². The molecule has 0 aliphatic rings. The van der Waals surface area contributed by atoms with Crippen molar-refractivity contribution >= 4 is 17.7 Å². The van der Waals surface area contributed by atoms with E-state index >= 15 is 0 Å². The first-order valence-electron chi connectivity index (χ1n) is 6.68. The fourth-order valence-corrected chi connectivity index (χ4v) is 3.00. The van der Waals surface area contributed by atoms with E-state index in [4.69, 9.17) is 0 Å². The third-order valence-electron chi connectivity index (χ3n) is 3.50. The zero-order valence-electron chi connectivity index (χ0n) is 11.7. The molecule has 0 amide bonds. The summed E-state index contributed by atoms with van der Waals surface area (Å²) in [6, 6.07) is 10.3. The molecule has 0 aromatic heterocycles. The van der Waals surface area contributed by atoms with Gasteiger partial charge in [-0.3, -0.25) is 4.79 Å². The fraction of sp³-hybridized carbons (Fsp3) is 0.533. The normalized spacial score (nSPS) is 14.0. The van der Waals surface area contributed by atoms with Crippen LogP contribution in [0.4, 0.5) is 0 Å². The summed E-state index contributed by atoms with van der Waals surface area (Å²) in [6.07, 6.45) is 2.21. The molecule has 0 aliphatic heterocycles. The van der Waals surface area contributed by atoms with Crippen LogP contribution in [0.3, 0.4) is 0 Å². The van der Waals surface area contributed by atoms with Crippen LogP contribution in [-0.4, -0.2) is 29.4 Å². The standard InChI is InChI=1S/C15H23NO2S/c1-3-15(16-2,14(17)18)10-7-11-19-12-13-8-5-4-6-9-13/h4-6,8-9,16H,3,7,10-12H2,1-2H3,(H,17,18). The molecule has 2 N–H and O–H groups in total. The maximum Gasteiger partial charge on any atom is 0.323 e. The zero-order valence-corrected chi connectivity index (χ0v) is 12.5. The smallest absolute Gasteiger partial charge is 0.323 e. The number of benzene rings is 1. The van der Waals surface area contributed by atoms with Gasteiger partial charge in [0.25, 0.3) is 0 Å². The second-order valence-corrected chi connectivity index (χ2v) is 5.74. The molecule has 4 heteroatoms. The summed E-state index contributed by atoms with van der Waals surface area (Å²) in [5, 5.41) is 12.3. The Morgan fingerprint density at radius 2 is 2.05 bits per heavy atom. The van der Waals surface area contributed by atoms with Crippen molar-refractivity contribution < 1.29 is 9.90 Å². The van der Waals surface area contributed by atoms with Gasteiger partial charge in [0.15, 0.2) is 0 Å². The summed E-state index contributed by atoms with van der Waals surface area (Å²) in [6.45, 7) is 1.92. The lowest BCUT2D eigenvalue weighted by atomic mass is 9.91. The minimum Gasteiger partial charge on any atom is -0.480 e. The Morgan fingerprint density at radius 3 is 2.58 bits per heavy atom. The van der Waals surface area contributed by atoms with E-state index < -0.39 is 11.5 Å². The van der Waals surface area contributed by atoms with E-state index in [1.54, 1.807) is 7.05 Å². The molecule has 0 spiro atoms. The molecule has 0 aliphatic carbocycles. The van der Waals surface area contributed by atoms with Gasteiger partial charge in [-0.1, -0.05) is 37.3 Å². The number of hydrogen-bond acceptors (Lipinski definition) is 3. The van der Waals surface area contributed by atoms with Gasteiger partial charge < -0.3 is 10.4 Å². The predicted octanol–water partition coefficient (Wildman–Crippen LogP) is 3.15. The van der Waals surface area contributed by atoms with Gasteiger partial charge in [-0.15, -0.1) is 0 Å². The largest absolute Gasteiger partial charge is 0.480 e. The van der Waals surface area contributed by atoms with Crippen LogP contribution in [0, 0.1) is 0 Å². The van der Waals surface area contributed by atoms with Crippen molar-refractivity contribution in [2.45, 2.75) is 37.5 Å². The lowest BCUT2D eigenvalue weighted by Crippen LogP contribution is -2.49. The van der Waals surface area contributed by atoms with Crippen LogP contribution in [0.5, 0.6) is 0 Å². The van der Waals surface area contributed by atoms with E-state index in [-0.39, 0.29) is 0 Å². The molecule has 0 bridgehead atoms. The lowest BCUT2D eigenvalue weighted by Gasteiger charge is -2.27. The minimum absolute atomic E-state index is 0.613. The van der Waals surface area contributed by atoms with Crippen molar-refractivity contribution in [2.24, 2.45) is 0 Å². The first kappa shape index (κ1) is 16.1. The number of likely N-dealkylation sites (N-methyl/N-ethyl adjacent to an activating group) is 1. The van der Waals surface area contributed by atoms with E-state index in [9.17, 15) is 9.90 Å². The zero-order chi connectivity index (χ0) is 14.1. The van der Waals surface area contributed by atoms with Gasteiger partial charge in [0.1, 0.15) is 5.54 Å². The van der Waals surface area contributed by atoms with Gasteiger partial charge in [-0.25, -0.2) is 0 Å². The molecular weight excluding hydrogens is 258 g/mol. The number of carboxylic acids is 1. The second kappa shape index (κ2) is 8.23. The lowest BCUT2D eigenvalue weighted by molar-refractivity contribution is -0.145. The molecule has 0 radical (unpaired) electrons. The van der Waals surface area contributed by atoms with Crippen molar-refractivity contribution in [2.75, 3.05) is 12.8 Å². The first-order valence-corrected chi connectivity index (χ1v) is 7.84. The van der Waals surface area contributed by atoms with E-state index in [1.165, 1.54) is 5.56 Å². The predicted molar refractivity (Wildman–Crippen MR) is 81.6 cm³/mol. The summed E-state index contributed by atoms with van der Waals surface area (Å²) in [5.41, 5.74) is 0.564. The van der Waals surface area contributed by atoms with E-state index in [1.807, 2.05) is 36.9 Å². The van der Waals surface area contributed by atoms with Crippen LogP contribution in [0.25, 0.3) is 0 Å². The summed E-state index contributed by atoms with van der Waals surface area (Å²) < 4.78 is 0. The number of rotatable bonds is 9. The molecule has 0 fully saturated rings. The monoisotopic (exact) mass is 281 g/mol. The molecule has 0 saturated carbocycles. The molecular formula is C15H23NO2S. The number of carbonyl (C=O) groups is 1. The van der Waals surface area contributed by atoms with Gasteiger partial charge >= 0.3 is 5.97 Å². The third kappa shape index (κ3) is 4.88. The molecule has 19 heavy (non-hydrogen) atoms. The molecule has 0 saturated heterocycles. The van der Waals surface area contributed by atoms with Crippen LogP contribution in [0.2, 0.25) is 0 Å². The highest BCUT2D eigenvalue weighted by molar-refractivity contribution is 7.98. The highest BCUT2D eigenvalue weighted by Crippen LogP contribution is 2.20. The minimum atomic E-state index is -0.757. The van der Waals surface area contributed by atoms with Crippen LogP contribution < -0.4 is 5.32 Å². The van der Waals surface area contributed by atoms with Crippen molar-refractivity contribution in [1.29, 1.82) is 0 Å². The first-order chi connectivity index (χ1) is 9.14. The molecule has 0 heterocycles. The average molecular weight is 281 g/mol. The van der Waals surface area contributed by atoms with E-state index in [0.29, 0.717) is 12.8 Å². The van der Waals surface area contributed by atoms with Crippen LogP contribution >= 0.6 is 11.8 Å². The number of carboxylic acid groups (broad SMARTS) is 1. The Labute approximate surface area is 119 Å². The van der Waals surface area contributed by atoms with Gasteiger partial charge in [-0.2, -0.15) is 11.8 Å². The van der Waals surface area contributed by atoms with Crippen molar-refractivity contribution in [3.05, 3.63) is 35.9 Å². The van der Waals surface area contributed by atoms with Crippen molar-refractivity contribution in [3.8, 4) is 0 Å². The summed E-state index contributed by atoms with van der Waals surface area (Å²) in [7, 11) is 1.73. The number of aliphatic carboxylic acids is 1. The molecule has 1 aromatic rings. The maximum atomic E-state index is 11.3. The van der Waals surface area contributed by atoms with Gasteiger partial charge in [0.05, 0.1) is 0 Å². The van der Waals surface area contributed by atoms with Crippen molar-refractivity contribution in [1.82, 2.24) is 5.32 Å². The van der Waals surface area contributed by atoms with Crippen molar-refractivity contribution in [3.63, 3.8) is 0 Å². The second-order valence-electron chi connectivity index (χ2n) is 4.63. The Balaban J connectivity index is 2.28. The Bertz CT molecular complexity index is 377. The Hall–Kier alpha value is -1.00. The molecule has 1 rings (SSSR count). The number of hydrogen-bond donors (Lipinski definition) is 2. The van der Waals surface area contributed by atoms with Gasteiger partial charge in [0.2, 0.25) is 0 Å². The summed E-state index contributed by atoms with van der Waals surface area (Å²) in [5.74, 6) is 1.24. The molecule has 1 atom stereocenters. The molecule has 1 aromatic carbocycles. The molecule has 1 unspecified atom stereocenters. The Kier molecular flexibility index (Phi) is 6.95. The highest BCUT2D eigenvalue weighted by Gasteiger charge is 2.33. The van der Waals surface area contributed by atoms with Crippen LogP contribution in [0.15, 0.2) is 30.3 Å². The van der Waals surface area contributed by atoms with Crippen LogP contribution in [-0.2, 0) is 10.5 Å². The molecule has 3 nitrogen and oxygen atoms in total. The number of thioether (sulfide) groups is 1. The highest BCUT2D eigenvalue weighted by atomic mass is 32.2. The fourth-order valence-electron chi connectivity index (χ4n) is 2.08. The van der Waals surface area contributed by atoms with E-state index in [0.717, 1.165) is 17.9 Å². The quantitative estimate of drug-likeness (QED) is 0.683. The summed E-state index contributed by atoms with van der Waals surface area (Å²) in [4.78, 5) is 11.3. The van der Waals surface area contributed by atoms with Crippen LogP contribution in [0.1, 0.15) is 31.7 Å². The van der Waals surface area contributed by atoms with E-state index in [2.05, 4.69) is 17.4 Å².